The van der Waals surface area contributed by atoms with Gasteiger partial charge in [0.1, 0.15) is 0 Å². The highest BCUT2D eigenvalue weighted by Gasteiger charge is 2.38. The number of alkyl halides is 3. The van der Waals surface area contributed by atoms with Gasteiger partial charge in [-0.3, -0.25) is 9.59 Å². The van der Waals surface area contributed by atoms with Gasteiger partial charge >= 0.3 is 18.1 Å². The maximum absolute atomic E-state index is 11.4. The van der Waals surface area contributed by atoms with E-state index < -0.39 is 18.1 Å². The summed E-state index contributed by atoms with van der Waals surface area (Å²) in [5, 5.41) is 18.0. The van der Waals surface area contributed by atoms with Gasteiger partial charge in [-0.15, -0.1) is 0 Å². The van der Waals surface area contributed by atoms with E-state index in [9.17, 15) is 22.8 Å². The summed E-state index contributed by atoms with van der Waals surface area (Å²) in [6.07, 6.45) is -5.17. The van der Waals surface area contributed by atoms with Crippen molar-refractivity contribution in [3.63, 3.8) is 0 Å². The summed E-state index contributed by atoms with van der Waals surface area (Å²) >= 11 is 0. The van der Waals surface area contributed by atoms with Crippen molar-refractivity contribution >= 4 is 23.5 Å². The molecule has 0 aromatic heterocycles. The number of benzene rings is 1. The van der Waals surface area contributed by atoms with Gasteiger partial charge in [-0.2, -0.15) is 13.2 Å². The number of hydrogen-bond acceptors (Lipinski definition) is 4. The molecule has 5 N–H and O–H groups in total. The van der Waals surface area contributed by atoms with Crippen LogP contribution >= 0.6 is 0 Å². The largest absolute Gasteiger partial charge is 0.490 e. The number of carbonyl (C=O) groups is 3. The molecule has 0 radical (unpaired) electrons. The summed E-state index contributed by atoms with van der Waals surface area (Å²) in [6.45, 7) is 0.124. The molecule has 1 aromatic rings. The van der Waals surface area contributed by atoms with E-state index in [2.05, 4.69) is 5.32 Å². The molecule has 10 heteroatoms. The van der Waals surface area contributed by atoms with E-state index >= 15 is 0 Å². The molecule has 0 aliphatic rings. The quantitative estimate of drug-likeness (QED) is 0.614. The summed E-state index contributed by atoms with van der Waals surface area (Å²) in [5.74, 6) is -3.99. The van der Waals surface area contributed by atoms with Gasteiger partial charge in [0.05, 0.1) is 6.42 Å². The number of rotatable bonds is 4. The maximum atomic E-state index is 11.4. The van der Waals surface area contributed by atoms with Crippen LogP contribution in [0.2, 0.25) is 0 Å². The van der Waals surface area contributed by atoms with E-state index in [1.54, 1.807) is 24.3 Å². The number of hydrogen-bond donors (Lipinski definition) is 4. The van der Waals surface area contributed by atoms with Crippen molar-refractivity contribution in [1.82, 2.24) is 5.32 Å². The molecule has 7 nitrogen and oxygen atoms in total. The molecule has 1 rings (SSSR count). The Morgan fingerprint density at radius 2 is 1.55 bits per heavy atom. The highest BCUT2D eigenvalue weighted by atomic mass is 19.4. The fourth-order valence-corrected chi connectivity index (χ4v) is 1.02. The van der Waals surface area contributed by atoms with Gasteiger partial charge in [-0.25, -0.2) is 4.79 Å². The third kappa shape index (κ3) is 8.40. The van der Waals surface area contributed by atoms with Crippen molar-refractivity contribution in [2.45, 2.75) is 12.6 Å². The SMILES string of the molecule is Nc1ccc(C(=O)NCCC(=O)O)cc1.O=C(O)C(F)(F)F. The van der Waals surface area contributed by atoms with Gasteiger partial charge < -0.3 is 21.3 Å². The number of carbonyl (C=O) groups excluding carboxylic acids is 1. The lowest BCUT2D eigenvalue weighted by molar-refractivity contribution is -0.192. The number of nitrogens with one attached hydrogen (secondary N) is 1. The zero-order valence-electron chi connectivity index (χ0n) is 11.1. The van der Waals surface area contributed by atoms with Crippen LogP contribution in [-0.2, 0) is 9.59 Å². The summed E-state index contributed by atoms with van der Waals surface area (Å²) in [7, 11) is 0. The molecule has 122 valence electrons. The van der Waals surface area contributed by atoms with E-state index in [0.717, 1.165) is 0 Å². The van der Waals surface area contributed by atoms with E-state index in [1.807, 2.05) is 0 Å². The zero-order valence-corrected chi connectivity index (χ0v) is 11.1. The van der Waals surface area contributed by atoms with Gasteiger partial charge in [0.15, 0.2) is 0 Å². The third-order valence-corrected chi connectivity index (χ3v) is 2.04. The lowest BCUT2D eigenvalue weighted by atomic mass is 10.2. The second-order valence-electron chi connectivity index (χ2n) is 3.82. The zero-order chi connectivity index (χ0) is 17.3. The van der Waals surface area contributed by atoms with Crippen LogP contribution in [-0.4, -0.2) is 40.8 Å². The maximum Gasteiger partial charge on any atom is 0.490 e. The lowest BCUT2D eigenvalue weighted by Crippen LogP contribution is -2.25. The average molecular weight is 322 g/mol. The Labute approximate surface area is 122 Å². The fraction of sp³-hybridized carbons (Fsp3) is 0.250. The Hall–Kier alpha value is -2.78. The Kier molecular flexibility index (Phi) is 7.42. The van der Waals surface area contributed by atoms with Crippen molar-refractivity contribution in [3.05, 3.63) is 29.8 Å². The third-order valence-electron chi connectivity index (χ3n) is 2.04. The first-order chi connectivity index (χ1) is 10.0. The fourth-order valence-electron chi connectivity index (χ4n) is 1.02. The van der Waals surface area contributed by atoms with Gasteiger partial charge in [0, 0.05) is 17.8 Å². The molecule has 0 bridgehead atoms. The number of halogens is 3. The second kappa shape index (κ2) is 8.49. The normalized spacial score (nSPS) is 10.1. The van der Waals surface area contributed by atoms with Crippen molar-refractivity contribution in [2.24, 2.45) is 0 Å². The Balaban J connectivity index is 0.000000534. The van der Waals surface area contributed by atoms with Gasteiger partial charge in [0.25, 0.3) is 5.91 Å². The van der Waals surface area contributed by atoms with Crippen molar-refractivity contribution in [2.75, 3.05) is 12.3 Å². The van der Waals surface area contributed by atoms with Crippen LogP contribution < -0.4 is 11.1 Å². The minimum Gasteiger partial charge on any atom is -0.481 e. The first-order valence-electron chi connectivity index (χ1n) is 5.69. The topological polar surface area (TPSA) is 130 Å². The van der Waals surface area contributed by atoms with Crippen LogP contribution in [0, 0.1) is 0 Å². The molecule has 0 spiro atoms. The van der Waals surface area contributed by atoms with E-state index in [0.29, 0.717) is 11.3 Å². The van der Waals surface area contributed by atoms with Crippen LogP contribution in [0.15, 0.2) is 24.3 Å². The molecule has 1 amide bonds. The molecule has 1 aromatic carbocycles. The number of aliphatic carboxylic acids is 2. The average Bonchev–Trinajstić information content (AvgIpc) is 2.38. The smallest absolute Gasteiger partial charge is 0.481 e. The molecule has 0 aliphatic carbocycles. The summed E-state index contributed by atoms with van der Waals surface area (Å²) in [5.41, 5.74) is 6.51. The number of nitrogen functional groups attached to an aromatic ring is 1. The number of carboxylic acid groups (broad SMARTS) is 2. The minimum atomic E-state index is -5.08. The first-order valence-corrected chi connectivity index (χ1v) is 5.69. The van der Waals surface area contributed by atoms with Gasteiger partial charge in [-0.1, -0.05) is 0 Å². The molecule has 0 aliphatic heterocycles. The highest BCUT2D eigenvalue weighted by molar-refractivity contribution is 5.94. The van der Waals surface area contributed by atoms with Crippen LogP contribution in [0.3, 0.4) is 0 Å². The minimum absolute atomic E-state index is 0.0826. The van der Waals surface area contributed by atoms with E-state index in [-0.39, 0.29) is 18.9 Å². The molecule has 22 heavy (non-hydrogen) atoms. The van der Waals surface area contributed by atoms with Crippen LogP contribution in [0.25, 0.3) is 0 Å². The van der Waals surface area contributed by atoms with Crippen LogP contribution in [0.4, 0.5) is 18.9 Å². The van der Waals surface area contributed by atoms with Crippen molar-refractivity contribution < 1.29 is 37.8 Å². The molecular formula is C12H13F3N2O5. The number of nitrogens with two attached hydrogens (primary N) is 1. The molecule has 0 unspecified atom stereocenters. The molecule has 0 saturated heterocycles. The highest BCUT2D eigenvalue weighted by Crippen LogP contribution is 2.13. The lowest BCUT2D eigenvalue weighted by Gasteiger charge is -2.03. The predicted molar refractivity (Wildman–Crippen MR) is 69.1 cm³/mol. The standard InChI is InChI=1S/C10H12N2O3.C2HF3O2/c11-8-3-1-7(2-4-8)10(15)12-6-5-9(13)14;3-2(4,5)1(6)7/h1-4H,5-6,11H2,(H,12,15)(H,13,14);(H,6,7). The molecule has 0 saturated carbocycles. The van der Waals surface area contributed by atoms with Gasteiger partial charge in [-0.05, 0) is 24.3 Å². The monoisotopic (exact) mass is 322 g/mol. The van der Waals surface area contributed by atoms with Gasteiger partial charge in [0.2, 0.25) is 0 Å². The predicted octanol–water partition coefficient (Wildman–Crippen LogP) is 1.11. The summed E-state index contributed by atoms with van der Waals surface area (Å²) in [4.78, 5) is 30.5. The van der Waals surface area contributed by atoms with Crippen molar-refractivity contribution in [3.8, 4) is 0 Å². The number of anilines is 1. The number of carboxylic acids is 2. The van der Waals surface area contributed by atoms with Crippen molar-refractivity contribution in [1.29, 1.82) is 0 Å². The molecule has 0 heterocycles. The van der Waals surface area contributed by atoms with E-state index in [1.165, 1.54) is 0 Å². The Bertz CT molecular complexity index is 529. The van der Waals surface area contributed by atoms with Crippen LogP contribution in [0.1, 0.15) is 16.8 Å². The first kappa shape index (κ1) is 19.2. The second-order valence-corrected chi connectivity index (χ2v) is 3.82. The van der Waals surface area contributed by atoms with E-state index in [4.69, 9.17) is 20.7 Å². The molecule has 0 fully saturated rings. The Morgan fingerprint density at radius 1 is 1.09 bits per heavy atom. The summed E-state index contributed by atoms with van der Waals surface area (Å²) in [6, 6.07) is 6.41. The number of amides is 1. The van der Waals surface area contributed by atoms with Crippen LogP contribution in [0.5, 0.6) is 0 Å². The molecular weight excluding hydrogens is 309 g/mol. The Morgan fingerprint density at radius 3 is 1.91 bits per heavy atom. The summed E-state index contributed by atoms with van der Waals surface area (Å²) < 4.78 is 31.7. The molecule has 0 atom stereocenters.